The summed E-state index contributed by atoms with van der Waals surface area (Å²) in [5, 5.41) is 2.61. The van der Waals surface area contributed by atoms with Crippen molar-refractivity contribution in [3.8, 4) is 5.75 Å². The van der Waals surface area contributed by atoms with Crippen LogP contribution in [0.15, 0.2) is 69.3 Å². The molecule has 0 aliphatic rings. The molecule has 6 nitrogen and oxygen atoms in total. The standard InChI is InChI=1S/C22H20N2O4S/c1-23-10-4-7-16(23)13-24(14-17-8-5-11-29-17)21(25)18-12-15-6-3-9-19(27-2)20(15)28-22(18)26/h3-12H,13-14H2,1-2H3. The first-order chi connectivity index (χ1) is 14.1. The number of methoxy groups -OCH3 is 1. The first-order valence-corrected chi connectivity index (χ1v) is 9.97. The van der Waals surface area contributed by atoms with Crippen LogP contribution < -0.4 is 10.4 Å². The predicted octanol–water partition coefficient (Wildman–Crippen LogP) is 4.04. The number of benzene rings is 1. The van der Waals surface area contributed by atoms with Crippen LogP contribution in [0.25, 0.3) is 11.0 Å². The van der Waals surface area contributed by atoms with Crippen molar-refractivity contribution in [3.63, 3.8) is 0 Å². The Morgan fingerprint density at radius 1 is 1.17 bits per heavy atom. The van der Waals surface area contributed by atoms with E-state index in [1.807, 2.05) is 47.5 Å². The van der Waals surface area contributed by atoms with E-state index in [9.17, 15) is 9.59 Å². The quantitative estimate of drug-likeness (QED) is 0.452. The van der Waals surface area contributed by atoms with E-state index in [0.29, 0.717) is 29.8 Å². The molecular formula is C22H20N2O4S. The van der Waals surface area contributed by atoms with Gasteiger partial charge in [0.25, 0.3) is 5.91 Å². The van der Waals surface area contributed by atoms with Crippen molar-refractivity contribution in [1.29, 1.82) is 0 Å². The molecule has 0 radical (unpaired) electrons. The third-order valence-corrected chi connectivity index (χ3v) is 5.65. The van der Waals surface area contributed by atoms with E-state index in [0.717, 1.165) is 10.6 Å². The van der Waals surface area contributed by atoms with E-state index in [1.54, 1.807) is 40.5 Å². The number of carbonyl (C=O) groups excluding carboxylic acids is 1. The molecule has 0 saturated carbocycles. The van der Waals surface area contributed by atoms with Gasteiger partial charge in [-0.1, -0.05) is 18.2 Å². The molecule has 0 aliphatic carbocycles. The lowest BCUT2D eigenvalue weighted by Gasteiger charge is -2.22. The SMILES string of the molecule is COc1cccc2cc(C(=O)N(Cc3cccs3)Cc3cccn3C)c(=O)oc12. The van der Waals surface area contributed by atoms with Gasteiger partial charge < -0.3 is 18.6 Å². The Balaban J connectivity index is 1.74. The summed E-state index contributed by atoms with van der Waals surface area (Å²) in [7, 11) is 3.44. The van der Waals surface area contributed by atoms with Gasteiger partial charge in [-0.15, -0.1) is 11.3 Å². The third-order valence-electron chi connectivity index (χ3n) is 4.79. The third kappa shape index (κ3) is 3.82. The number of aromatic nitrogens is 1. The number of amides is 1. The minimum Gasteiger partial charge on any atom is -0.493 e. The Kier molecular flexibility index (Phi) is 5.22. The first-order valence-electron chi connectivity index (χ1n) is 9.09. The highest BCUT2D eigenvalue weighted by Gasteiger charge is 2.23. The Morgan fingerprint density at radius 3 is 2.72 bits per heavy atom. The molecule has 3 heterocycles. The number of hydrogen-bond acceptors (Lipinski definition) is 5. The number of carbonyl (C=O) groups is 1. The molecule has 3 aromatic heterocycles. The minimum absolute atomic E-state index is 0.0107. The topological polar surface area (TPSA) is 64.7 Å². The predicted molar refractivity (Wildman–Crippen MR) is 112 cm³/mol. The first kappa shape index (κ1) is 19.0. The zero-order valence-corrected chi connectivity index (χ0v) is 16.9. The smallest absolute Gasteiger partial charge is 0.349 e. The molecule has 148 valence electrons. The van der Waals surface area contributed by atoms with Gasteiger partial charge in [0.1, 0.15) is 5.56 Å². The van der Waals surface area contributed by atoms with E-state index in [4.69, 9.17) is 9.15 Å². The summed E-state index contributed by atoms with van der Waals surface area (Å²) in [4.78, 5) is 28.7. The lowest BCUT2D eigenvalue weighted by molar-refractivity contribution is 0.0724. The average molecular weight is 408 g/mol. The lowest BCUT2D eigenvalue weighted by atomic mass is 10.1. The molecular weight excluding hydrogens is 388 g/mol. The number of ether oxygens (including phenoxy) is 1. The fourth-order valence-corrected chi connectivity index (χ4v) is 3.96. The van der Waals surface area contributed by atoms with Gasteiger partial charge in [-0.25, -0.2) is 4.79 Å². The Hall–Kier alpha value is -3.32. The highest BCUT2D eigenvalue weighted by atomic mass is 32.1. The van der Waals surface area contributed by atoms with Gasteiger partial charge in [-0.3, -0.25) is 4.79 Å². The molecule has 0 spiro atoms. The van der Waals surface area contributed by atoms with Crippen LogP contribution >= 0.6 is 11.3 Å². The second-order valence-electron chi connectivity index (χ2n) is 6.68. The zero-order valence-electron chi connectivity index (χ0n) is 16.1. The van der Waals surface area contributed by atoms with Crippen LogP contribution in [0.1, 0.15) is 20.9 Å². The van der Waals surface area contributed by atoms with E-state index in [1.165, 1.54) is 7.11 Å². The van der Waals surface area contributed by atoms with Gasteiger partial charge in [0.05, 0.1) is 20.2 Å². The number of fused-ring (bicyclic) bond motifs is 1. The number of para-hydroxylation sites is 1. The maximum Gasteiger partial charge on any atom is 0.349 e. The second-order valence-corrected chi connectivity index (χ2v) is 7.71. The molecule has 29 heavy (non-hydrogen) atoms. The monoisotopic (exact) mass is 408 g/mol. The van der Waals surface area contributed by atoms with Crippen molar-refractivity contribution in [3.05, 3.63) is 86.7 Å². The number of nitrogens with zero attached hydrogens (tertiary/aromatic N) is 2. The fraction of sp³-hybridized carbons (Fsp3) is 0.182. The molecule has 1 amide bonds. The molecule has 0 aliphatic heterocycles. The molecule has 4 rings (SSSR count). The van der Waals surface area contributed by atoms with Crippen LogP contribution in [0.4, 0.5) is 0 Å². The summed E-state index contributed by atoms with van der Waals surface area (Å²) in [5.41, 5.74) is 0.650. The number of aryl methyl sites for hydroxylation is 1. The molecule has 0 unspecified atom stereocenters. The average Bonchev–Trinajstić information content (AvgIpc) is 3.38. The summed E-state index contributed by atoms with van der Waals surface area (Å²) in [5.74, 6) is 0.0934. The van der Waals surface area contributed by atoms with Gasteiger partial charge in [0, 0.05) is 29.2 Å². The van der Waals surface area contributed by atoms with Gasteiger partial charge in [0.15, 0.2) is 11.3 Å². The van der Waals surface area contributed by atoms with Crippen LogP contribution in [0, 0.1) is 0 Å². The number of hydrogen-bond donors (Lipinski definition) is 0. The summed E-state index contributed by atoms with van der Waals surface area (Å²) >= 11 is 1.57. The summed E-state index contributed by atoms with van der Waals surface area (Å²) in [6.07, 6.45) is 1.93. The Bertz CT molecular complexity index is 1210. The van der Waals surface area contributed by atoms with Gasteiger partial charge in [-0.05, 0) is 35.7 Å². The summed E-state index contributed by atoms with van der Waals surface area (Å²) < 4.78 is 12.7. The van der Waals surface area contributed by atoms with Crippen LogP contribution in [-0.2, 0) is 20.1 Å². The van der Waals surface area contributed by atoms with E-state index in [-0.39, 0.29) is 11.5 Å². The molecule has 0 N–H and O–H groups in total. The summed E-state index contributed by atoms with van der Waals surface area (Å²) in [6, 6.07) is 14.7. The van der Waals surface area contributed by atoms with Gasteiger partial charge in [-0.2, -0.15) is 0 Å². The van der Waals surface area contributed by atoms with Gasteiger partial charge >= 0.3 is 5.63 Å². The van der Waals surface area contributed by atoms with Gasteiger partial charge in [0.2, 0.25) is 0 Å². The molecule has 4 aromatic rings. The van der Waals surface area contributed by atoms with Crippen molar-refractivity contribution < 1.29 is 13.9 Å². The Labute approximate surface area is 171 Å². The molecule has 0 atom stereocenters. The normalized spacial score (nSPS) is 11.0. The van der Waals surface area contributed by atoms with Crippen LogP contribution in [0.3, 0.4) is 0 Å². The Morgan fingerprint density at radius 2 is 2.03 bits per heavy atom. The second kappa shape index (κ2) is 7.97. The fourth-order valence-electron chi connectivity index (χ4n) is 3.24. The van der Waals surface area contributed by atoms with E-state index in [2.05, 4.69) is 0 Å². The maximum absolute atomic E-state index is 13.4. The number of thiophene rings is 1. The highest BCUT2D eigenvalue weighted by molar-refractivity contribution is 7.09. The van der Waals surface area contributed by atoms with Crippen molar-refractivity contribution in [2.45, 2.75) is 13.1 Å². The molecule has 7 heteroatoms. The lowest BCUT2D eigenvalue weighted by Crippen LogP contribution is -2.33. The van der Waals surface area contributed by atoms with E-state index >= 15 is 0 Å². The highest BCUT2D eigenvalue weighted by Crippen LogP contribution is 2.25. The largest absolute Gasteiger partial charge is 0.493 e. The van der Waals surface area contributed by atoms with Crippen LogP contribution in [-0.4, -0.2) is 22.5 Å². The van der Waals surface area contributed by atoms with Crippen LogP contribution in [0.2, 0.25) is 0 Å². The minimum atomic E-state index is -0.671. The molecule has 1 aromatic carbocycles. The molecule has 0 bridgehead atoms. The maximum atomic E-state index is 13.4. The molecule has 0 fully saturated rings. The van der Waals surface area contributed by atoms with Crippen molar-refractivity contribution in [2.75, 3.05) is 7.11 Å². The van der Waals surface area contributed by atoms with Crippen molar-refractivity contribution in [1.82, 2.24) is 9.47 Å². The zero-order chi connectivity index (χ0) is 20.4. The molecule has 0 saturated heterocycles. The number of rotatable bonds is 6. The summed E-state index contributed by atoms with van der Waals surface area (Å²) in [6.45, 7) is 0.799. The van der Waals surface area contributed by atoms with Crippen LogP contribution in [0.5, 0.6) is 5.75 Å². The van der Waals surface area contributed by atoms with Crippen molar-refractivity contribution >= 4 is 28.2 Å². The van der Waals surface area contributed by atoms with E-state index < -0.39 is 5.63 Å². The van der Waals surface area contributed by atoms with Crippen molar-refractivity contribution in [2.24, 2.45) is 7.05 Å².